The Morgan fingerprint density at radius 3 is 1.68 bits per heavy atom. The first-order valence-electron chi connectivity index (χ1n) is 19.5. The van der Waals surface area contributed by atoms with Crippen LogP contribution in [0.3, 0.4) is 0 Å². The number of para-hydroxylation sites is 2. The van der Waals surface area contributed by atoms with E-state index in [0.29, 0.717) is 11.7 Å². The summed E-state index contributed by atoms with van der Waals surface area (Å²) in [5.74, 6) is 0.581. The second-order valence-corrected chi connectivity index (χ2v) is 15.2. The lowest BCUT2D eigenvalue weighted by Gasteiger charge is -2.30. The van der Waals surface area contributed by atoms with E-state index in [1.165, 1.54) is 50.1 Å². The maximum absolute atomic E-state index is 6.71. The average molecular weight is 726 g/mol. The molecule has 0 bridgehead atoms. The first-order chi connectivity index (χ1) is 28.3. The molecule has 4 heteroatoms. The highest BCUT2D eigenvalue weighted by atomic mass is 16.3. The van der Waals surface area contributed by atoms with Gasteiger partial charge in [-0.2, -0.15) is 4.98 Å². The predicted molar refractivity (Wildman–Crippen MR) is 231 cm³/mol. The van der Waals surface area contributed by atoms with Crippen LogP contribution in [-0.4, -0.2) is 14.5 Å². The largest absolute Gasteiger partial charge is 0.437 e. The van der Waals surface area contributed by atoms with Crippen molar-refractivity contribution in [2.75, 3.05) is 0 Å². The zero-order chi connectivity index (χ0) is 37.2. The molecule has 11 aromatic rings. The summed E-state index contributed by atoms with van der Waals surface area (Å²) in [5.41, 5.74) is 17.7. The molecule has 0 N–H and O–H groups in total. The van der Waals surface area contributed by atoms with Crippen molar-refractivity contribution >= 4 is 43.9 Å². The zero-order valence-electron chi connectivity index (χ0n) is 30.6. The van der Waals surface area contributed by atoms with E-state index in [-0.39, 0.29) is 0 Å². The Morgan fingerprint density at radius 1 is 0.421 bits per heavy atom. The highest BCUT2D eigenvalue weighted by Crippen LogP contribution is 2.64. The van der Waals surface area contributed by atoms with Gasteiger partial charge in [0.25, 0.3) is 0 Å². The van der Waals surface area contributed by atoms with Crippen LogP contribution >= 0.6 is 0 Å². The Balaban J connectivity index is 1.07. The molecule has 264 valence electrons. The SMILES string of the molecule is c1ccc(-c2nc(-n3c4ccccc4c4ccccc43)nc3oc4ccc(-c5cccc6c5-c5ccccc5C65c6ccccc6-c6ccccc65)cc4c23)cc1. The molecular formula is C53H31N3O. The van der Waals surface area contributed by atoms with Gasteiger partial charge in [-0.1, -0.05) is 164 Å². The Kier molecular flexibility index (Phi) is 6.07. The van der Waals surface area contributed by atoms with Crippen molar-refractivity contribution in [3.63, 3.8) is 0 Å². The maximum atomic E-state index is 6.71. The van der Waals surface area contributed by atoms with Crippen molar-refractivity contribution in [3.8, 4) is 50.6 Å². The second kappa shape index (κ2) is 11.2. The molecule has 4 nitrogen and oxygen atoms in total. The first kappa shape index (κ1) is 30.7. The molecule has 2 aliphatic rings. The van der Waals surface area contributed by atoms with Crippen molar-refractivity contribution in [1.29, 1.82) is 0 Å². The fraction of sp³-hybridized carbons (Fsp3) is 0.0189. The van der Waals surface area contributed by atoms with Gasteiger partial charge in [0, 0.05) is 21.7 Å². The van der Waals surface area contributed by atoms with Crippen LogP contribution in [0.15, 0.2) is 192 Å². The minimum atomic E-state index is -0.404. The molecule has 13 rings (SSSR count). The summed E-state index contributed by atoms with van der Waals surface area (Å²) >= 11 is 0. The van der Waals surface area contributed by atoms with Gasteiger partial charge in [0.05, 0.1) is 27.5 Å². The second-order valence-electron chi connectivity index (χ2n) is 15.2. The molecule has 57 heavy (non-hydrogen) atoms. The molecule has 0 saturated carbocycles. The van der Waals surface area contributed by atoms with E-state index in [9.17, 15) is 0 Å². The van der Waals surface area contributed by atoms with Crippen molar-refractivity contribution in [2.24, 2.45) is 0 Å². The van der Waals surface area contributed by atoms with Crippen molar-refractivity contribution in [2.45, 2.75) is 5.41 Å². The number of fused-ring (bicyclic) bond motifs is 16. The Hall–Kier alpha value is -7.56. The van der Waals surface area contributed by atoms with Crippen LogP contribution in [0.25, 0.3) is 94.5 Å². The van der Waals surface area contributed by atoms with E-state index in [2.05, 4.69) is 187 Å². The van der Waals surface area contributed by atoms with Crippen molar-refractivity contribution in [3.05, 3.63) is 210 Å². The molecule has 3 heterocycles. The van der Waals surface area contributed by atoms with Gasteiger partial charge < -0.3 is 4.42 Å². The van der Waals surface area contributed by atoms with Gasteiger partial charge >= 0.3 is 0 Å². The number of benzene rings is 8. The lowest BCUT2D eigenvalue weighted by atomic mass is 9.70. The number of hydrogen-bond acceptors (Lipinski definition) is 3. The van der Waals surface area contributed by atoms with Gasteiger partial charge in [-0.15, -0.1) is 0 Å². The van der Waals surface area contributed by atoms with Gasteiger partial charge in [0.1, 0.15) is 5.58 Å². The number of furan rings is 1. The monoisotopic (exact) mass is 725 g/mol. The minimum absolute atomic E-state index is 0.404. The third kappa shape index (κ3) is 3.96. The van der Waals surface area contributed by atoms with Gasteiger partial charge in [0.2, 0.25) is 11.7 Å². The lowest BCUT2D eigenvalue weighted by molar-refractivity contribution is 0.651. The molecule has 8 aromatic carbocycles. The van der Waals surface area contributed by atoms with E-state index in [0.717, 1.165) is 55.0 Å². The molecule has 0 unspecified atom stereocenters. The number of nitrogens with zero attached hydrogens (tertiary/aromatic N) is 3. The Morgan fingerprint density at radius 2 is 0.982 bits per heavy atom. The first-order valence-corrected chi connectivity index (χ1v) is 19.5. The van der Waals surface area contributed by atoms with Gasteiger partial charge in [-0.05, 0) is 79.9 Å². The molecule has 1 spiro atoms. The van der Waals surface area contributed by atoms with E-state index >= 15 is 0 Å². The molecule has 2 aliphatic carbocycles. The summed E-state index contributed by atoms with van der Waals surface area (Å²) in [7, 11) is 0. The zero-order valence-corrected chi connectivity index (χ0v) is 30.6. The average Bonchev–Trinajstić information content (AvgIpc) is 4.00. The Labute approximate surface area is 328 Å². The number of hydrogen-bond donors (Lipinski definition) is 0. The molecule has 0 amide bonds. The number of rotatable bonds is 3. The van der Waals surface area contributed by atoms with Gasteiger partial charge in [0.15, 0.2) is 0 Å². The van der Waals surface area contributed by atoms with Gasteiger partial charge in [-0.25, -0.2) is 4.98 Å². The molecule has 0 atom stereocenters. The molecule has 0 fully saturated rings. The summed E-state index contributed by atoms with van der Waals surface area (Å²) in [4.78, 5) is 10.6. The van der Waals surface area contributed by atoms with E-state index in [4.69, 9.17) is 14.4 Å². The smallest absolute Gasteiger partial charge is 0.238 e. The van der Waals surface area contributed by atoms with Crippen LogP contribution < -0.4 is 0 Å². The lowest BCUT2D eigenvalue weighted by Crippen LogP contribution is -2.25. The summed E-state index contributed by atoms with van der Waals surface area (Å²) in [6.45, 7) is 0. The quantitative estimate of drug-likeness (QED) is 0.182. The van der Waals surface area contributed by atoms with Crippen LogP contribution in [0.2, 0.25) is 0 Å². The van der Waals surface area contributed by atoms with Crippen LogP contribution in [0, 0.1) is 0 Å². The van der Waals surface area contributed by atoms with E-state index in [1.54, 1.807) is 0 Å². The molecule has 0 aliphatic heterocycles. The molecule has 0 saturated heterocycles. The predicted octanol–water partition coefficient (Wildman–Crippen LogP) is 13.2. The van der Waals surface area contributed by atoms with Crippen LogP contribution in [0.5, 0.6) is 0 Å². The normalized spacial score (nSPS) is 13.4. The van der Waals surface area contributed by atoms with Crippen LogP contribution in [0.1, 0.15) is 22.3 Å². The topological polar surface area (TPSA) is 43.9 Å². The Bertz CT molecular complexity index is 3380. The molecular weight excluding hydrogens is 695 g/mol. The van der Waals surface area contributed by atoms with E-state index < -0.39 is 5.41 Å². The fourth-order valence-corrected chi connectivity index (χ4v) is 10.3. The van der Waals surface area contributed by atoms with Crippen LogP contribution in [-0.2, 0) is 5.41 Å². The summed E-state index contributed by atoms with van der Waals surface area (Å²) in [5, 5.41) is 4.22. The highest BCUT2D eigenvalue weighted by molar-refractivity contribution is 6.13. The highest BCUT2D eigenvalue weighted by Gasteiger charge is 2.51. The third-order valence-electron chi connectivity index (χ3n) is 12.5. The van der Waals surface area contributed by atoms with Gasteiger partial charge in [-0.3, -0.25) is 4.57 Å². The summed E-state index contributed by atoms with van der Waals surface area (Å²) in [6.07, 6.45) is 0. The fourth-order valence-electron chi connectivity index (χ4n) is 10.3. The van der Waals surface area contributed by atoms with Crippen molar-refractivity contribution in [1.82, 2.24) is 14.5 Å². The summed E-state index contributed by atoms with van der Waals surface area (Å²) in [6, 6.07) is 67.7. The summed E-state index contributed by atoms with van der Waals surface area (Å²) < 4.78 is 8.87. The molecule has 3 aromatic heterocycles. The van der Waals surface area contributed by atoms with Crippen molar-refractivity contribution < 1.29 is 4.42 Å². The van der Waals surface area contributed by atoms with E-state index in [1.807, 2.05) is 6.07 Å². The maximum Gasteiger partial charge on any atom is 0.238 e. The third-order valence-corrected chi connectivity index (χ3v) is 12.5. The molecule has 0 radical (unpaired) electrons. The minimum Gasteiger partial charge on any atom is -0.437 e. The van der Waals surface area contributed by atoms with Crippen LogP contribution in [0.4, 0.5) is 0 Å². The number of aromatic nitrogens is 3. The standard InChI is InChI=1S/C53H31N3O/c1-2-15-32(16-3-1)50-49-40-31-33(29-30-47(40)57-51(49)55-52(54-50)56-45-27-12-7-19-37(45)38-20-8-13-28-46(38)56)34-22-14-26-44-48(34)39-21-6-11-25-43(39)53(44)41-23-9-4-17-35(41)36-18-5-10-24-42(36)53/h1-31H.